The van der Waals surface area contributed by atoms with Crippen molar-refractivity contribution < 1.29 is 27.6 Å². The molecule has 1 unspecified atom stereocenters. The zero-order chi connectivity index (χ0) is 23.3. The molecule has 0 aromatic heterocycles. The van der Waals surface area contributed by atoms with Crippen molar-refractivity contribution in [2.45, 2.75) is 38.6 Å². The van der Waals surface area contributed by atoms with E-state index in [1.54, 1.807) is 31.2 Å². The fourth-order valence-electron chi connectivity index (χ4n) is 3.69. The van der Waals surface area contributed by atoms with Crippen LogP contribution in [0.15, 0.2) is 24.3 Å². The van der Waals surface area contributed by atoms with Crippen LogP contribution in [-0.2, 0) is 24.4 Å². The summed E-state index contributed by atoms with van der Waals surface area (Å²) >= 11 is 0. The zero-order valence-corrected chi connectivity index (χ0v) is 18.6. The van der Waals surface area contributed by atoms with E-state index in [9.17, 15) is 27.6 Å². The van der Waals surface area contributed by atoms with Crippen LogP contribution in [0.3, 0.4) is 0 Å². The van der Waals surface area contributed by atoms with Crippen molar-refractivity contribution in [1.29, 1.82) is 0 Å². The molecular weight excluding hydrogens is 438 g/mol. The second-order valence-electron chi connectivity index (χ2n) is 7.65. The van der Waals surface area contributed by atoms with Crippen LogP contribution < -0.4 is 16.0 Å². The first-order chi connectivity index (χ1) is 15.2. The Morgan fingerprint density at radius 1 is 1.12 bits per heavy atom. The van der Waals surface area contributed by atoms with E-state index in [0.29, 0.717) is 37.2 Å². The number of urea groups is 1. The van der Waals surface area contributed by atoms with Gasteiger partial charge >= 0.3 is 6.03 Å². The molecule has 0 saturated carbocycles. The molecule has 32 heavy (non-hydrogen) atoms. The Balaban J connectivity index is 1.52. The van der Waals surface area contributed by atoms with Crippen LogP contribution >= 0.6 is 0 Å². The van der Waals surface area contributed by atoms with Gasteiger partial charge in [-0.2, -0.15) is 4.31 Å². The quantitative estimate of drug-likeness (QED) is 0.458. The third kappa shape index (κ3) is 5.62. The third-order valence-corrected chi connectivity index (χ3v) is 7.34. The fraction of sp³-hybridized carbons (Fsp3) is 0.500. The monoisotopic (exact) mass is 465 g/mol. The Morgan fingerprint density at radius 3 is 2.38 bits per heavy atom. The summed E-state index contributed by atoms with van der Waals surface area (Å²) in [7, 11) is -3.46. The highest BCUT2D eigenvalue weighted by Crippen LogP contribution is 2.24. The maximum atomic E-state index is 12.7. The van der Waals surface area contributed by atoms with Crippen molar-refractivity contribution in [1.82, 2.24) is 14.5 Å². The molecule has 0 bridgehead atoms. The van der Waals surface area contributed by atoms with Crippen LogP contribution in [0, 0.1) is 0 Å². The summed E-state index contributed by atoms with van der Waals surface area (Å²) in [4.78, 5) is 48.7. The normalized spacial score (nSPS) is 19.2. The minimum Gasteiger partial charge on any atom is -0.329 e. The molecule has 2 aliphatic heterocycles. The SMILES string of the molecule is CCCS(=O)(=O)N1CCCC1C(=O)Nc1ccc(NC(=O)CCN2C(=O)CNC2=O)cc1. The number of imide groups is 1. The van der Waals surface area contributed by atoms with E-state index in [2.05, 4.69) is 16.0 Å². The predicted molar refractivity (Wildman–Crippen MR) is 117 cm³/mol. The van der Waals surface area contributed by atoms with Gasteiger partial charge < -0.3 is 16.0 Å². The van der Waals surface area contributed by atoms with Crippen LogP contribution in [0.4, 0.5) is 16.2 Å². The fourth-order valence-corrected chi connectivity index (χ4v) is 5.44. The van der Waals surface area contributed by atoms with Gasteiger partial charge in [-0.05, 0) is 43.5 Å². The molecule has 1 aromatic carbocycles. The summed E-state index contributed by atoms with van der Waals surface area (Å²) in [5, 5.41) is 7.78. The summed E-state index contributed by atoms with van der Waals surface area (Å²) in [5.41, 5.74) is 0.963. The molecule has 3 rings (SSSR count). The highest BCUT2D eigenvalue weighted by molar-refractivity contribution is 7.89. The van der Waals surface area contributed by atoms with Crippen molar-refractivity contribution in [2.24, 2.45) is 0 Å². The topological polar surface area (TPSA) is 145 Å². The molecule has 5 amide bonds. The molecule has 0 spiro atoms. The highest BCUT2D eigenvalue weighted by atomic mass is 32.2. The van der Waals surface area contributed by atoms with Gasteiger partial charge in [0.1, 0.15) is 6.04 Å². The van der Waals surface area contributed by atoms with Crippen molar-refractivity contribution in [3.05, 3.63) is 24.3 Å². The Kier molecular flexibility index (Phi) is 7.46. The Hall–Kier alpha value is -2.99. The number of carbonyl (C=O) groups excluding carboxylic acids is 4. The summed E-state index contributed by atoms with van der Waals surface area (Å²) in [6.07, 6.45) is 1.56. The van der Waals surface area contributed by atoms with Crippen molar-refractivity contribution in [3.63, 3.8) is 0 Å². The average Bonchev–Trinajstić information content (AvgIpc) is 3.36. The molecule has 1 aromatic rings. The van der Waals surface area contributed by atoms with Gasteiger partial charge in [0.15, 0.2) is 0 Å². The van der Waals surface area contributed by atoms with E-state index in [-0.39, 0.29) is 43.0 Å². The molecule has 2 saturated heterocycles. The Bertz CT molecular complexity index is 978. The van der Waals surface area contributed by atoms with E-state index < -0.39 is 22.1 Å². The van der Waals surface area contributed by atoms with Gasteiger partial charge in [-0.25, -0.2) is 13.2 Å². The van der Waals surface area contributed by atoms with Crippen LogP contribution in [0.25, 0.3) is 0 Å². The van der Waals surface area contributed by atoms with Gasteiger partial charge in [0.25, 0.3) is 0 Å². The molecular formula is C20H27N5O6S. The predicted octanol–water partition coefficient (Wildman–Crippen LogP) is 0.710. The number of hydrogen-bond acceptors (Lipinski definition) is 6. The number of rotatable bonds is 9. The molecule has 0 aliphatic carbocycles. The number of sulfonamides is 1. The van der Waals surface area contributed by atoms with Crippen LogP contribution in [0.2, 0.25) is 0 Å². The van der Waals surface area contributed by atoms with Gasteiger partial charge in [0.2, 0.25) is 27.7 Å². The summed E-state index contributed by atoms with van der Waals surface area (Å²) in [6.45, 7) is 2.06. The minimum absolute atomic E-state index is 0.0104. The molecule has 174 valence electrons. The van der Waals surface area contributed by atoms with Gasteiger partial charge in [0.05, 0.1) is 12.3 Å². The lowest BCUT2D eigenvalue weighted by Gasteiger charge is -2.23. The molecule has 11 nitrogen and oxygen atoms in total. The number of nitrogens with one attached hydrogen (secondary N) is 3. The number of benzene rings is 1. The highest BCUT2D eigenvalue weighted by Gasteiger charge is 2.38. The first-order valence-corrected chi connectivity index (χ1v) is 12.1. The lowest BCUT2D eigenvalue weighted by molar-refractivity contribution is -0.125. The van der Waals surface area contributed by atoms with Gasteiger partial charge in [-0.3, -0.25) is 19.3 Å². The summed E-state index contributed by atoms with van der Waals surface area (Å²) in [6, 6.07) is 5.17. The number of carbonyl (C=O) groups is 4. The van der Waals surface area contributed by atoms with Gasteiger partial charge in [0, 0.05) is 30.9 Å². The zero-order valence-electron chi connectivity index (χ0n) is 17.8. The maximum absolute atomic E-state index is 12.7. The first kappa shape index (κ1) is 23.7. The van der Waals surface area contributed by atoms with E-state index in [0.717, 1.165) is 4.90 Å². The third-order valence-electron chi connectivity index (χ3n) is 5.26. The van der Waals surface area contributed by atoms with Crippen LogP contribution in [0.1, 0.15) is 32.6 Å². The lowest BCUT2D eigenvalue weighted by Crippen LogP contribution is -2.44. The smallest absolute Gasteiger partial charge is 0.324 e. The Morgan fingerprint density at radius 2 is 1.78 bits per heavy atom. The van der Waals surface area contributed by atoms with Gasteiger partial charge in [-0.15, -0.1) is 0 Å². The molecule has 1 atom stereocenters. The van der Waals surface area contributed by atoms with E-state index in [1.807, 2.05) is 0 Å². The summed E-state index contributed by atoms with van der Waals surface area (Å²) < 4.78 is 26.0. The van der Waals surface area contributed by atoms with Crippen molar-refractivity contribution >= 4 is 45.2 Å². The molecule has 2 heterocycles. The maximum Gasteiger partial charge on any atom is 0.324 e. The van der Waals surface area contributed by atoms with Crippen molar-refractivity contribution in [2.75, 3.05) is 36.0 Å². The number of anilines is 2. The second-order valence-corrected chi connectivity index (χ2v) is 9.69. The van der Waals surface area contributed by atoms with E-state index in [4.69, 9.17) is 0 Å². The molecule has 12 heteroatoms. The van der Waals surface area contributed by atoms with Crippen molar-refractivity contribution in [3.8, 4) is 0 Å². The molecule has 2 aliphatic rings. The average molecular weight is 466 g/mol. The number of hydrogen-bond donors (Lipinski definition) is 3. The minimum atomic E-state index is -3.46. The summed E-state index contributed by atoms with van der Waals surface area (Å²) in [5.74, 6) is -1.10. The van der Waals surface area contributed by atoms with E-state index in [1.165, 1.54) is 4.31 Å². The van der Waals surface area contributed by atoms with E-state index >= 15 is 0 Å². The van der Waals surface area contributed by atoms with Crippen LogP contribution in [-0.4, -0.2) is 72.8 Å². The Labute approximate surface area is 186 Å². The lowest BCUT2D eigenvalue weighted by atomic mass is 10.2. The van der Waals surface area contributed by atoms with Gasteiger partial charge in [-0.1, -0.05) is 6.92 Å². The number of nitrogens with zero attached hydrogens (tertiary/aromatic N) is 2. The number of amides is 5. The molecule has 0 radical (unpaired) electrons. The first-order valence-electron chi connectivity index (χ1n) is 10.5. The largest absolute Gasteiger partial charge is 0.329 e. The van der Waals surface area contributed by atoms with Crippen LogP contribution in [0.5, 0.6) is 0 Å². The second kappa shape index (κ2) is 10.1. The molecule has 3 N–H and O–H groups in total. The molecule has 2 fully saturated rings. The standard InChI is InChI=1S/C20H27N5O6S/c1-2-12-32(30,31)25-10-3-4-16(25)19(28)23-15-7-5-14(6-8-15)22-17(26)9-11-24-18(27)13-21-20(24)29/h5-8,16H,2-4,9-13H2,1H3,(H,21,29)(H,22,26)(H,23,28).